The third kappa shape index (κ3) is 2.99. The quantitative estimate of drug-likeness (QED) is 0.552. The molecule has 0 spiro atoms. The largest absolute Gasteiger partial charge is 0.377 e. The Morgan fingerprint density at radius 3 is 2.50 bits per heavy atom. The lowest BCUT2D eigenvalue weighted by molar-refractivity contribution is 0.166. The van der Waals surface area contributed by atoms with Gasteiger partial charge >= 0.3 is 0 Å². The average Bonchev–Trinajstić information content (AvgIpc) is 2.37. The van der Waals surface area contributed by atoms with Crippen LogP contribution in [0.5, 0.6) is 0 Å². The Kier molecular flexibility index (Phi) is 3.81. The first-order valence-corrected chi connectivity index (χ1v) is 5.63. The Bertz CT molecular complexity index is 515. The minimum atomic E-state index is -0.692. The summed E-state index contributed by atoms with van der Waals surface area (Å²) in [5.41, 5.74) is 7.76. The van der Waals surface area contributed by atoms with Gasteiger partial charge in [0.25, 0.3) is 5.95 Å². The Labute approximate surface area is 105 Å². The molecule has 2 aromatic rings. The van der Waals surface area contributed by atoms with Crippen molar-refractivity contribution in [2.75, 3.05) is 5.43 Å². The molecular formula is C12H15N5O. The number of hydrogen-bond donors (Lipinski definition) is 3. The maximum Gasteiger partial charge on any atom is 0.257 e. The Balaban J connectivity index is 2.20. The van der Waals surface area contributed by atoms with E-state index in [0.717, 1.165) is 17.0 Å². The topological polar surface area (TPSA) is 83.0 Å². The van der Waals surface area contributed by atoms with Crippen molar-refractivity contribution in [2.45, 2.75) is 20.1 Å². The van der Waals surface area contributed by atoms with Crippen molar-refractivity contribution in [3.63, 3.8) is 0 Å². The molecule has 1 atom stereocenters. The Morgan fingerprint density at radius 1 is 1.17 bits per heavy atom. The van der Waals surface area contributed by atoms with Gasteiger partial charge in [0.2, 0.25) is 0 Å². The first kappa shape index (κ1) is 12.4. The summed E-state index contributed by atoms with van der Waals surface area (Å²) in [6.07, 6.45) is -0.692. The highest BCUT2D eigenvalue weighted by atomic mass is 16.3. The average molecular weight is 245 g/mol. The Morgan fingerprint density at radius 2 is 1.89 bits per heavy atom. The highest BCUT2D eigenvalue weighted by Gasteiger charge is 2.07. The van der Waals surface area contributed by atoms with Crippen LogP contribution in [0, 0.1) is 6.92 Å². The number of aromatic nitrogens is 3. The number of hydrazine groups is 1. The molecule has 0 amide bonds. The van der Waals surface area contributed by atoms with E-state index >= 15 is 0 Å². The van der Waals surface area contributed by atoms with Crippen molar-refractivity contribution < 1.29 is 5.11 Å². The first-order chi connectivity index (χ1) is 8.66. The van der Waals surface area contributed by atoms with Gasteiger partial charge in [-0.25, -0.2) is 10.4 Å². The van der Waals surface area contributed by atoms with Crippen LogP contribution in [0.25, 0.3) is 11.3 Å². The lowest BCUT2D eigenvalue weighted by Crippen LogP contribution is -2.32. The molecule has 0 aliphatic carbocycles. The second-order valence-electron chi connectivity index (χ2n) is 3.88. The molecule has 3 N–H and O–H groups in total. The van der Waals surface area contributed by atoms with E-state index in [0.29, 0.717) is 5.95 Å². The smallest absolute Gasteiger partial charge is 0.257 e. The summed E-state index contributed by atoms with van der Waals surface area (Å²) >= 11 is 0. The van der Waals surface area contributed by atoms with Crippen LogP contribution in [0.15, 0.2) is 30.3 Å². The van der Waals surface area contributed by atoms with Crippen molar-refractivity contribution in [2.24, 2.45) is 0 Å². The van der Waals surface area contributed by atoms with Crippen molar-refractivity contribution in [3.05, 3.63) is 36.0 Å². The summed E-state index contributed by atoms with van der Waals surface area (Å²) in [4.78, 5) is 4.26. The van der Waals surface area contributed by atoms with Crippen LogP contribution in [-0.2, 0) is 0 Å². The minimum Gasteiger partial charge on any atom is -0.377 e. The molecule has 0 fully saturated rings. The molecule has 18 heavy (non-hydrogen) atoms. The fourth-order valence-electron chi connectivity index (χ4n) is 1.49. The lowest BCUT2D eigenvalue weighted by Gasteiger charge is -2.10. The summed E-state index contributed by atoms with van der Waals surface area (Å²) in [5, 5.41) is 17.1. The maximum atomic E-state index is 9.07. The number of benzene rings is 1. The van der Waals surface area contributed by atoms with E-state index in [1.54, 1.807) is 6.92 Å². The zero-order valence-electron chi connectivity index (χ0n) is 10.3. The third-order valence-electron chi connectivity index (χ3n) is 2.30. The normalized spacial score (nSPS) is 12.2. The molecule has 2 rings (SSSR count). The molecule has 0 saturated carbocycles. The van der Waals surface area contributed by atoms with E-state index in [2.05, 4.69) is 26.0 Å². The molecule has 1 aromatic carbocycles. The molecule has 1 aromatic heterocycles. The molecule has 6 heteroatoms. The van der Waals surface area contributed by atoms with E-state index in [1.165, 1.54) is 0 Å². The summed E-state index contributed by atoms with van der Waals surface area (Å²) in [5.74, 6) is 0.327. The van der Waals surface area contributed by atoms with Crippen molar-refractivity contribution in [1.82, 2.24) is 20.6 Å². The van der Waals surface area contributed by atoms with Gasteiger partial charge in [-0.05, 0) is 13.8 Å². The van der Waals surface area contributed by atoms with Gasteiger partial charge in [0.05, 0.1) is 5.69 Å². The zero-order chi connectivity index (χ0) is 13.0. The van der Waals surface area contributed by atoms with Gasteiger partial charge < -0.3 is 5.11 Å². The molecule has 1 heterocycles. The van der Waals surface area contributed by atoms with Gasteiger partial charge in [0.15, 0.2) is 0 Å². The predicted octanol–water partition coefficient (Wildman–Crippen LogP) is 1.10. The van der Waals surface area contributed by atoms with Crippen molar-refractivity contribution in [1.29, 1.82) is 0 Å². The SMILES string of the molecule is Cc1nc(NNC(C)O)nnc1-c1ccccc1. The van der Waals surface area contributed by atoms with Gasteiger partial charge in [-0.2, -0.15) is 0 Å². The standard InChI is InChI=1S/C12H15N5O/c1-8-11(10-6-4-3-5-7-10)15-17-12(13-8)16-14-9(2)18/h3-7,9,14,18H,1-2H3,(H,13,16,17). The van der Waals surface area contributed by atoms with Crippen LogP contribution < -0.4 is 10.9 Å². The highest BCUT2D eigenvalue weighted by molar-refractivity contribution is 5.60. The molecule has 0 saturated heterocycles. The van der Waals surface area contributed by atoms with E-state index in [-0.39, 0.29) is 0 Å². The van der Waals surface area contributed by atoms with Crippen LogP contribution in [0.2, 0.25) is 0 Å². The molecule has 0 aliphatic rings. The minimum absolute atomic E-state index is 0.327. The van der Waals surface area contributed by atoms with Crippen molar-refractivity contribution >= 4 is 5.95 Å². The molecule has 6 nitrogen and oxygen atoms in total. The van der Waals surface area contributed by atoms with Crippen molar-refractivity contribution in [3.8, 4) is 11.3 Å². The van der Waals surface area contributed by atoms with E-state index in [9.17, 15) is 0 Å². The van der Waals surface area contributed by atoms with Crippen LogP contribution >= 0.6 is 0 Å². The molecule has 94 valence electrons. The second-order valence-corrected chi connectivity index (χ2v) is 3.88. The Hall–Kier alpha value is -2.05. The van der Waals surface area contributed by atoms with Gasteiger partial charge in [-0.3, -0.25) is 5.43 Å². The summed E-state index contributed by atoms with van der Waals surface area (Å²) < 4.78 is 0. The van der Waals surface area contributed by atoms with Crippen LogP contribution in [0.4, 0.5) is 5.95 Å². The highest BCUT2D eigenvalue weighted by Crippen LogP contribution is 2.18. The number of aryl methyl sites for hydroxylation is 1. The molecular weight excluding hydrogens is 230 g/mol. The summed E-state index contributed by atoms with van der Waals surface area (Å²) in [6, 6.07) is 9.75. The maximum absolute atomic E-state index is 9.07. The van der Waals surface area contributed by atoms with Crippen LogP contribution in [0.1, 0.15) is 12.6 Å². The second kappa shape index (κ2) is 5.52. The fraction of sp³-hybridized carbons (Fsp3) is 0.250. The molecule has 0 radical (unpaired) electrons. The molecule has 1 unspecified atom stereocenters. The number of anilines is 1. The number of aliphatic hydroxyl groups excluding tert-OH is 1. The van der Waals surface area contributed by atoms with E-state index in [4.69, 9.17) is 5.11 Å². The summed E-state index contributed by atoms with van der Waals surface area (Å²) in [6.45, 7) is 3.45. The van der Waals surface area contributed by atoms with E-state index in [1.807, 2.05) is 37.3 Å². The monoisotopic (exact) mass is 245 g/mol. The summed E-state index contributed by atoms with van der Waals surface area (Å²) in [7, 11) is 0. The number of hydrogen-bond acceptors (Lipinski definition) is 6. The van der Waals surface area contributed by atoms with E-state index < -0.39 is 6.23 Å². The fourth-order valence-corrected chi connectivity index (χ4v) is 1.49. The third-order valence-corrected chi connectivity index (χ3v) is 2.30. The first-order valence-electron chi connectivity index (χ1n) is 5.63. The predicted molar refractivity (Wildman–Crippen MR) is 68.4 cm³/mol. The van der Waals surface area contributed by atoms with Crippen LogP contribution in [-0.4, -0.2) is 26.5 Å². The van der Waals surface area contributed by atoms with Gasteiger partial charge in [-0.15, -0.1) is 10.2 Å². The number of nitrogens with zero attached hydrogens (tertiary/aromatic N) is 3. The number of rotatable bonds is 4. The molecule has 0 bridgehead atoms. The zero-order valence-corrected chi connectivity index (χ0v) is 10.3. The van der Waals surface area contributed by atoms with Gasteiger partial charge in [0.1, 0.15) is 11.9 Å². The number of nitrogens with one attached hydrogen (secondary N) is 2. The van der Waals surface area contributed by atoms with Gasteiger partial charge in [0, 0.05) is 5.56 Å². The number of aliphatic hydroxyl groups is 1. The molecule has 0 aliphatic heterocycles. The van der Waals surface area contributed by atoms with Gasteiger partial charge in [-0.1, -0.05) is 30.3 Å². The lowest BCUT2D eigenvalue weighted by atomic mass is 10.1. The van der Waals surface area contributed by atoms with Crippen LogP contribution in [0.3, 0.4) is 0 Å².